The van der Waals surface area contributed by atoms with Gasteiger partial charge < -0.3 is 4.74 Å². The van der Waals surface area contributed by atoms with Gasteiger partial charge in [-0.3, -0.25) is 0 Å². The maximum absolute atomic E-state index is 6.16. The summed E-state index contributed by atoms with van der Waals surface area (Å²) >= 11 is 0. The molecule has 1 nitrogen and oxygen atoms in total. The van der Waals surface area contributed by atoms with Crippen LogP contribution >= 0.6 is 0 Å². The number of ether oxygens (including phenoxy) is 1. The summed E-state index contributed by atoms with van der Waals surface area (Å²) in [5.41, 5.74) is 1.10. The predicted molar refractivity (Wildman–Crippen MR) is 77.7 cm³/mol. The summed E-state index contributed by atoms with van der Waals surface area (Å²) in [6, 6.07) is 0. The highest BCUT2D eigenvalue weighted by atomic mass is 16.5. The van der Waals surface area contributed by atoms with Gasteiger partial charge in [0.05, 0.1) is 5.60 Å². The van der Waals surface area contributed by atoms with Crippen LogP contribution in [0.5, 0.6) is 0 Å². The zero-order valence-electron chi connectivity index (χ0n) is 13.3. The van der Waals surface area contributed by atoms with Crippen LogP contribution in [0.4, 0.5) is 0 Å². The Bertz CT molecular complexity index is 309. The van der Waals surface area contributed by atoms with Crippen molar-refractivity contribution in [1.29, 1.82) is 0 Å². The second kappa shape index (κ2) is 4.51. The normalized spacial score (nSPS) is 47.7. The highest BCUT2D eigenvalue weighted by Gasteiger charge is 2.56. The molecule has 2 rings (SSSR count). The Morgan fingerprint density at radius 1 is 1.06 bits per heavy atom. The molecule has 2 aliphatic carbocycles. The van der Waals surface area contributed by atoms with E-state index in [0.717, 1.165) is 12.5 Å². The average Bonchev–Trinajstić information content (AvgIpc) is 2.25. The first-order valence-electron chi connectivity index (χ1n) is 7.90. The SMILES string of the molecule is CCO[C@]1(C)CCC2C(C)(C)CCC[C@]2(C)[C@@H]1C. The van der Waals surface area contributed by atoms with Crippen molar-refractivity contribution in [2.75, 3.05) is 6.61 Å². The highest BCUT2D eigenvalue weighted by Crippen LogP contribution is 2.62. The van der Waals surface area contributed by atoms with Gasteiger partial charge in [-0.15, -0.1) is 0 Å². The molecular formula is C17H32O. The molecule has 0 aromatic rings. The summed E-state index contributed by atoms with van der Waals surface area (Å²) < 4.78 is 6.16. The van der Waals surface area contributed by atoms with Gasteiger partial charge in [0.1, 0.15) is 0 Å². The number of hydrogen-bond acceptors (Lipinski definition) is 1. The minimum Gasteiger partial charge on any atom is -0.375 e. The fourth-order valence-corrected chi connectivity index (χ4v) is 5.28. The van der Waals surface area contributed by atoms with Crippen LogP contribution < -0.4 is 0 Å². The molecule has 0 N–H and O–H groups in total. The quantitative estimate of drug-likeness (QED) is 0.668. The Hall–Kier alpha value is -0.0400. The molecule has 18 heavy (non-hydrogen) atoms. The molecule has 0 amide bonds. The third kappa shape index (κ3) is 2.03. The van der Waals surface area contributed by atoms with Crippen LogP contribution in [0.2, 0.25) is 0 Å². The maximum Gasteiger partial charge on any atom is 0.0685 e. The monoisotopic (exact) mass is 252 g/mol. The second-order valence-corrected chi connectivity index (χ2v) is 7.91. The summed E-state index contributed by atoms with van der Waals surface area (Å²) in [7, 11) is 0. The van der Waals surface area contributed by atoms with Crippen LogP contribution in [-0.4, -0.2) is 12.2 Å². The zero-order valence-corrected chi connectivity index (χ0v) is 13.3. The van der Waals surface area contributed by atoms with Gasteiger partial charge in [0.2, 0.25) is 0 Å². The molecule has 0 heterocycles. The van der Waals surface area contributed by atoms with E-state index in [0.29, 0.717) is 16.7 Å². The Morgan fingerprint density at radius 2 is 1.72 bits per heavy atom. The van der Waals surface area contributed by atoms with Gasteiger partial charge >= 0.3 is 0 Å². The Balaban J connectivity index is 2.29. The largest absolute Gasteiger partial charge is 0.375 e. The summed E-state index contributed by atoms with van der Waals surface area (Å²) in [4.78, 5) is 0. The first kappa shape index (κ1) is 14.4. The van der Waals surface area contributed by atoms with Crippen LogP contribution in [0.3, 0.4) is 0 Å². The molecule has 1 heteroatoms. The Morgan fingerprint density at radius 3 is 2.33 bits per heavy atom. The maximum atomic E-state index is 6.16. The van der Waals surface area contributed by atoms with Crippen LogP contribution in [0.25, 0.3) is 0 Å². The first-order valence-corrected chi connectivity index (χ1v) is 7.90. The van der Waals surface area contributed by atoms with Gasteiger partial charge in [0, 0.05) is 6.61 Å². The van der Waals surface area contributed by atoms with Crippen molar-refractivity contribution in [3.63, 3.8) is 0 Å². The standard InChI is InChI=1S/C17H32O/c1-7-18-17(6)12-9-14-15(3,4)10-8-11-16(14,5)13(17)2/h13-14H,7-12H2,1-6H3/t13-,14?,16+,17+/m0/s1. The summed E-state index contributed by atoms with van der Waals surface area (Å²) in [6.07, 6.45) is 6.79. The van der Waals surface area contributed by atoms with E-state index in [1.807, 2.05) is 0 Å². The van der Waals surface area contributed by atoms with E-state index >= 15 is 0 Å². The lowest BCUT2D eigenvalue weighted by Crippen LogP contribution is -2.57. The van der Waals surface area contributed by atoms with Crippen LogP contribution in [0.1, 0.15) is 73.6 Å². The van der Waals surface area contributed by atoms with E-state index < -0.39 is 0 Å². The van der Waals surface area contributed by atoms with Gasteiger partial charge in [-0.05, 0) is 62.2 Å². The van der Waals surface area contributed by atoms with Crippen molar-refractivity contribution in [2.45, 2.75) is 79.2 Å². The van der Waals surface area contributed by atoms with E-state index in [1.165, 1.54) is 32.1 Å². The van der Waals surface area contributed by atoms with E-state index in [9.17, 15) is 0 Å². The molecule has 4 atom stereocenters. The zero-order chi connectivity index (χ0) is 13.6. The lowest BCUT2D eigenvalue weighted by atomic mass is 9.46. The highest BCUT2D eigenvalue weighted by molar-refractivity contribution is 5.06. The lowest BCUT2D eigenvalue weighted by Gasteiger charge is -2.61. The van der Waals surface area contributed by atoms with Crippen LogP contribution in [-0.2, 0) is 4.74 Å². The van der Waals surface area contributed by atoms with Gasteiger partial charge in [-0.2, -0.15) is 0 Å². The third-order valence-corrected chi connectivity index (χ3v) is 6.58. The van der Waals surface area contributed by atoms with Crippen molar-refractivity contribution in [3.8, 4) is 0 Å². The number of hydrogen-bond donors (Lipinski definition) is 0. The van der Waals surface area contributed by atoms with E-state index in [-0.39, 0.29) is 5.60 Å². The predicted octanol–water partition coefficient (Wildman–Crippen LogP) is 5.04. The van der Waals surface area contributed by atoms with Crippen molar-refractivity contribution >= 4 is 0 Å². The smallest absolute Gasteiger partial charge is 0.0685 e. The fourth-order valence-electron chi connectivity index (χ4n) is 5.28. The molecule has 2 saturated carbocycles. The van der Waals surface area contributed by atoms with Gasteiger partial charge in [-0.25, -0.2) is 0 Å². The van der Waals surface area contributed by atoms with E-state index in [1.54, 1.807) is 0 Å². The van der Waals surface area contributed by atoms with E-state index in [4.69, 9.17) is 4.74 Å². The molecule has 2 fully saturated rings. The topological polar surface area (TPSA) is 9.23 Å². The number of fused-ring (bicyclic) bond motifs is 1. The van der Waals surface area contributed by atoms with Crippen LogP contribution in [0, 0.1) is 22.7 Å². The molecule has 0 radical (unpaired) electrons. The molecular weight excluding hydrogens is 220 g/mol. The average molecular weight is 252 g/mol. The van der Waals surface area contributed by atoms with Crippen molar-refractivity contribution in [3.05, 3.63) is 0 Å². The molecule has 106 valence electrons. The molecule has 0 bridgehead atoms. The minimum absolute atomic E-state index is 0.105. The summed E-state index contributed by atoms with van der Waals surface area (Å²) in [5, 5.41) is 0. The molecule has 0 aliphatic heterocycles. The molecule has 1 unspecified atom stereocenters. The third-order valence-electron chi connectivity index (χ3n) is 6.58. The fraction of sp³-hybridized carbons (Fsp3) is 1.00. The van der Waals surface area contributed by atoms with Crippen LogP contribution in [0.15, 0.2) is 0 Å². The Kier molecular flexibility index (Phi) is 3.60. The van der Waals surface area contributed by atoms with Crippen molar-refractivity contribution in [1.82, 2.24) is 0 Å². The molecule has 0 spiro atoms. The summed E-state index contributed by atoms with van der Waals surface area (Å²) in [6.45, 7) is 15.3. The Labute approximate surface area is 114 Å². The lowest BCUT2D eigenvalue weighted by molar-refractivity contribution is -0.183. The molecule has 0 saturated heterocycles. The van der Waals surface area contributed by atoms with Gasteiger partial charge in [0.25, 0.3) is 0 Å². The van der Waals surface area contributed by atoms with Crippen molar-refractivity contribution < 1.29 is 4.74 Å². The molecule has 0 aromatic carbocycles. The van der Waals surface area contributed by atoms with Gasteiger partial charge in [-0.1, -0.05) is 34.1 Å². The second-order valence-electron chi connectivity index (χ2n) is 7.91. The molecule has 0 aromatic heterocycles. The van der Waals surface area contributed by atoms with Gasteiger partial charge in [0.15, 0.2) is 0 Å². The van der Waals surface area contributed by atoms with E-state index in [2.05, 4.69) is 41.5 Å². The number of rotatable bonds is 2. The van der Waals surface area contributed by atoms with Crippen molar-refractivity contribution in [2.24, 2.45) is 22.7 Å². The molecule has 2 aliphatic rings. The summed E-state index contributed by atoms with van der Waals surface area (Å²) in [5.74, 6) is 1.55. The minimum atomic E-state index is 0.105. The first-order chi connectivity index (χ1) is 8.26.